The van der Waals surface area contributed by atoms with Gasteiger partial charge in [0.25, 0.3) is 5.56 Å². The van der Waals surface area contributed by atoms with Gasteiger partial charge in [-0.3, -0.25) is 4.79 Å². The minimum absolute atomic E-state index is 0.204. The maximum atomic E-state index is 12.0. The van der Waals surface area contributed by atoms with Gasteiger partial charge in [-0.05, 0) is 31.2 Å². The van der Waals surface area contributed by atoms with Crippen LogP contribution in [0, 0.1) is 0 Å². The second-order valence-electron chi connectivity index (χ2n) is 4.55. The molecule has 0 fully saturated rings. The summed E-state index contributed by atoms with van der Waals surface area (Å²) >= 11 is 6.02. The molecule has 2 aromatic rings. The predicted octanol–water partition coefficient (Wildman–Crippen LogP) is 2.13. The molecule has 6 heteroatoms. The van der Waals surface area contributed by atoms with Gasteiger partial charge in [0.1, 0.15) is 5.75 Å². The molecule has 1 aromatic heterocycles. The van der Waals surface area contributed by atoms with Crippen molar-refractivity contribution in [2.45, 2.75) is 13.0 Å². The first-order chi connectivity index (χ1) is 9.43. The number of halogens is 1. The molecule has 2 rings (SSSR count). The fourth-order valence-corrected chi connectivity index (χ4v) is 2.14. The third-order valence-electron chi connectivity index (χ3n) is 3.02. The number of nitrogens with two attached hydrogens (primary N) is 1. The van der Waals surface area contributed by atoms with E-state index in [4.69, 9.17) is 22.1 Å². The summed E-state index contributed by atoms with van der Waals surface area (Å²) in [5, 5.41) is 4.81. The zero-order valence-electron chi connectivity index (χ0n) is 11.6. The van der Waals surface area contributed by atoms with Crippen LogP contribution in [0.2, 0.25) is 5.02 Å². The van der Waals surface area contributed by atoms with Crippen molar-refractivity contribution in [3.63, 3.8) is 0 Å². The maximum absolute atomic E-state index is 12.0. The fourth-order valence-electron chi connectivity index (χ4n) is 1.97. The second kappa shape index (κ2) is 5.64. The van der Waals surface area contributed by atoms with Gasteiger partial charge < -0.3 is 10.5 Å². The molecule has 0 saturated carbocycles. The lowest BCUT2D eigenvalue weighted by Crippen LogP contribution is -2.27. The van der Waals surface area contributed by atoms with Gasteiger partial charge in [-0.1, -0.05) is 11.6 Å². The highest BCUT2D eigenvalue weighted by Crippen LogP contribution is 2.31. The van der Waals surface area contributed by atoms with Crippen LogP contribution in [0.3, 0.4) is 0 Å². The number of hydrogen-bond donors (Lipinski definition) is 1. The third kappa shape index (κ3) is 2.69. The predicted molar refractivity (Wildman–Crippen MR) is 79.1 cm³/mol. The summed E-state index contributed by atoms with van der Waals surface area (Å²) in [6.45, 7) is 1.76. The molecule has 2 N–H and O–H groups in total. The molecule has 0 spiro atoms. The lowest BCUT2D eigenvalue weighted by molar-refractivity contribution is 0.416. The van der Waals surface area contributed by atoms with Crippen molar-refractivity contribution in [1.29, 1.82) is 0 Å². The molecule has 5 nitrogen and oxygen atoms in total. The summed E-state index contributed by atoms with van der Waals surface area (Å²) < 4.78 is 6.58. The Morgan fingerprint density at radius 1 is 1.40 bits per heavy atom. The average molecular weight is 294 g/mol. The van der Waals surface area contributed by atoms with E-state index >= 15 is 0 Å². The Labute approximate surface area is 121 Å². The number of nitrogens with zero attached hydrogens (tertiary/aromatic N) is 2. The van der Waals surface area contributed by atoms with Gasteiger partial charge in [-0.2, -0.15) is 5.10 Å². The Balaban J connectivity index is 2.70. The van der Waals surface area contributed by atoms with E-state index in [1.165, 1.54) is 4.68 Å². The van der Waals surface area contributed by atoms with Gasteiger partial charge in [-0.25, -0.2) is 4.68 Å². The quantitative estimate of drug-likeness (QED) is 0.941. The number of methoxy groups -OCH3 is 1. The normalized spacial score (nSPS) is 12.2. The number of rotatable bonds is 3. The zero-order valence-corrected chi connectivity index (χ0v) is 12.3. The molecule has 0 aliphatic rings. The molecule has 1 unspecified atom stereocenters. The minimum Gasteiger partial charge on any atom is -0.496 e. The summed E-state index contributed by atoms with van der Waals surface area (Å²) in [6.07, 6.45) is 0. The van der Waals surface area contributed by atoms with Crippen LogP contribution >= 0.6 is 11.6 Å². The van der Waals surface area contributed by atoms with Crippen molar-refractivity contribution in [2.24, 2.45) is 12.8 Å². The third-order valence-corrected chi connectivity index (χ3v) is 3.25. The Bertz CT molecular complexity index is 695. The number of ether oxygens (including phenoxy) is 1. The van der Waals surface area contributed by atoms with Crippen LogP contribution in [0.1, 0.15) is 18.5 Å². The van der Waals surface area contributed by atoms with Crippen molar-refractivity contribution < 1.29 is 4.74 Å². The Kier molecular flexibility index (Phi) is 4.11. The topological polar surface area (TPSA) is 70.1 Å². The van der Waals surface area contributed by atoms with Gasteiger partial charge in [0.15, 0.2) is 0 Å². The van der Waals surface area contributed by atoms with Crippen LogP contribution in [0.5, 0.6) is 5.75 Å². The number of benzene rings is 1. The molecular formula is C14H16ClN3O2. The number of aryl methyl sites for hydroxylation is 1. The smallest absolute Gasteiger partial charge is 0.271 e. The molecule has 106 valence electrons. The molecule has 0 saturated heterocycles. The van der Waals surface area contributed by atoms with E-state index in [1.807, 2.05) is 0 Å². The molecule has 0 aliphatic heterocycles. The first-order valence-electron chi connectivity index (χ1n) is 6.11. The maximum Gasteiger partial charge on any atom is 0.271 e. The van der Waals surface area contributed by atoms with Crippen LogP contribution in [0.15, 0.2) is 29.1 Å². The largest absolute Gasteiger partial charge is 0.496 e. The van der Waals surface area contributed by atoms with Gasteiger partial charge >= 0.3 is 0 Å². The Hall–Kier alpha value is -1.85. The van der Waals surface area contributed by atoms with Crippen LogP contribution in [0.25, 0.3) is 11.3 Å². The molecule has 1 heterocycles. The van der Waals surface area contributed by atoms with Crippen molar-refractivity contribution in [2.75, 3.05) is 7.11 Å². The molecule has 0 bridgehead atoms. The summed E-state index contributed by atoms with van der Waals surface area (Å²) in [5.41, 5.74) is 7.44. The molecule has 0 amide bonds. The number of hydrogen-bond acceptors (Lipinski definition) is 4. The summed E-state index contributed by atoms with van der Waals surface area (Å²) in [6, 6.07) is 6.55. The second-order valence-corrected chi connectivity index (χ2v) is 4.98. The minimum atomic E-state index is -0.374. The lowest BCUT2D eigenvalue weighted by Gasteiger charge is -2.12. The monoisotopic (exact) mass is 293 g/mol. The Morgan fingerprint density at radius 2 is 2.10 bits per heavy atom. The standard InChI is InChI=1S/C14H16ClN3O2/c1-8(16)10-7-12(17-18(2)14(10)19)11-6-9(15)4-5-13(11)20-3/h4-8H,16H2,1-3H3. The van der Waals surface area contributed by atoms with E-state index < -0.39 is 0 Å². The zero-order chi connectivity index (χ0) is 14.9. The molecule has 0 radical (unpaired) electrons. The fraction of sp³-hybridized carbons (Fsp3) is 0.286. The van der Waals surface area contributed by atoms with E-state index in [1.54, 1.807) is 45.3 Å². The molecular weight excluding hydrogens is 278 g/mol. The van der Waals surface area contributed by atoms with Gasteiger partial charge in [-0.15, -0.1) is 0 Å². The molecule has 20 heavy (non-hydrogen) atoms. The summed E-state index contributed by atoms with van der Waals surface area (Å²) in [5.74, 6) is 0.635. The highest BCUT2D eigenvalue weighted by atomic mass is 35.5. The van der Waals surface area contributed by atoms with Crippen LogP contribution < -0.4 is 16.0 Å². The average Bonchev–Trinajstić information content (AvgIpc) is 2.41. The van der Waals surface area contributed by atoms with E-state index in [0.717, 1.165) is 5.56 Å². The highest BCUT2D eigenvalue weighted by molar-refractivity contribution is 6.30. The Morgan fingerprint density at radius 3 is 2.70 bits per heavy atom. The van der Waals surface area contributed by atoms with E-state index in [-0.39, 0.29) is 11.6 Å². The van der Waals surface area contributed by atoms with Crippen molar-refractivity contribution in [3.8, 4) is 17.0 Å². The lowest BCUT2D eigenvalue weighted by atomic mass is 10.1. The van der Waals surface area contributed by atoms with Crippen LogP contribution in [-0.4, -0.2) is 16.9 Å². The SMILES string of the molecule is COc1ccc(Cl)cc1-c1cc(C(C)N)c(=O)n(C)n1. The molecule has 1 atom stereocenters. The highest BCUT2D eigenvalue weighted by Gasteiger charge is 2.14. The van der Waals surface area contributed by atoms with Gasteiger partial charge in [0.2, 0.25) is 0 Å². The summed E-state index contributed by atoms with van der Waals surface area (Å²) in [7, 11) is 3.16. The van der Waals surface area contributed by atoms with Crippen LogP contribution in [0.4, 0.5) is 0 Å². The van der Waals surface area contributed by atoms with Gasteiger partial charge in [0, 0.05) is 29.2 Å². The van der Waals surface area contributed by atoms with Crippen molar-refractivity contribution in [1.82, 2.24) is 9.78 Å². The van der Waals surface area contributed by atoms with E-state index in [9.17, 15) is 4.79 Å². The number of aromatic nitrogens is 2. The molecule has 0 aliphatic carbocycles. The van der Waals surface area contributed by atoms with Crippen molar-refractivity contribution >= 4 is 11.6 Å². The van der Waals surface area contributed by atoms with E-state index in [0.29, 0.717) is 22.0 Å². The summed E-state index contributed by atoms with van der Waals surface area (Å²) in [4.78, 5) is 12.0. The first-order valence-corrected chi connectivity index (χ1v) is 6.49. The van der Waals surface area contributed by atoms with E-state index in [2.05, 4.69) is 5.10 Å². The first kappa shape index (κ1) is 14.6. The molecule has 1 aromatic carbocycles. The van der Waals surface area contributed by atoms with Crippen LogP contribution in [-0.2, 0) is 7.05 Å². The van der Waals surface area contributed by atoms with Gasteiger partial charge in [0.05, 0.1) is 12.8 Å². The van der Waals surface area contributed by atoms with Crippen molar-refractivity contribution in [3.05, 3.63) is 45.2 Å².